The minimum atomic E-state index is -1.32. The Morgan fingerprint density at radius 2 is 2.07 bits per heavy atom. The summed E-state index contributed by atoms with van der Waals surface area (Å²) in [5.41, 5.74) is 3.93. The molecule has 0 fully saturated rings. The van der Waals surface area contributed by atoms with Gasteiger partial charge in [-0.2, -0.15) is 0 Å². The fraction of sp³-hybridized carbons (Fsp3) is 0.750. The molecule has 0 aliphatic heterocycles. The lowest BCUT2D eigenvalue weighted by Gasteiger charge is -2.23. The maximum atomic E-state index is 11.3. The number of hydrogen-bond acceptors (Lipinski definition) is 4. The van der Waals surface area contributed by atoms with Gasteiger partial charge in [0.2, 0.25) is 0 Å². The van der Waals surface area contributed by atoms with E-state index in [1.54, 1.807) is 0 Å². The van der Waals surface area contributed by atoms with Gasteiger partial charge < -0.3 is 20.9 Å². The smallest absolute Gasteiger partial charge is 0.328 e. The van der Waals surface area contributed by atoms with Crippen molar-refractivity contribution in [2.24, 2.45) is 5.73 Å². The molecule has 0 aromatic rings. The lowest BCUT2D eigenvalue weighted by Crippen LogP contribution is -2.54. The van der Waals surface area contributed by atoms with E-state index < -0.39 is 23.5 Å². The molecular weight excluding hydrogens is 188 g/mol. The Morgan fingerprint density at radius 3 is 2.36 bits per heavy atom. The van der Waals surface area contributed by atoms with Gasteiger partial charge in [-0.1, -0.05) is 0 Å². The molecule has 0 aromatic heterocycles. The summed E-state index contributed by atoms with van der Waals surface area (Å²) in [7, 11) is 1.34. The molecule has 0 saturated heterocycles. The zero-order valence-corrected chi connectivity index (χ0v) is 8.53. The van der Waals surface area contributed by atoms with Crippen LogP contribution >= 0.6 is 0 Å². The van der Waals surface area contributed by atoms with Gasteiger partial charge >= 0.3 is 5.97 Å². The van der Waals surface area contributed by atoms with E-state index in [1.807, 2.05) is 0 Å². The van der Waals surface area contributed by atoms with Crippen molar-refractivity contribution in [1.82, 2.24) is 5.32 Å². The van der Waals surface area contributed by atoms with Crippen LogP contribution in [0.4, 0.5) is 0 Å². The topological polar surface area (TPSA) is 102 Å². The number of carboxylic acid groups (broad SMARTS) is 1. The number of methoxy groups -OCH3 is 1. The minimum Gasteiger partial charge on any atom is -0.480 e. The van der Waals surface area contributed by atoms with E-state index in [0.29, 0.717) is 0 Å². The van der Waals surface area contributed by atoms with Crippen molar-refractivity contribution in [2.75, 3.05) is 13.7 Å². The highest BCUT2D eigenvalue weighted by Crippen LogP contribution is 2.02. The summed E-state index contributed by atoms with van der Waals surface area (Å²) in [5, 5.41) is 11.0. The van der Waals surface area contributed by atoms with Crippen LogP contribution in [0.3, 0.4) is 0 Å². The number of nitrogens with one attached hydrogen (secondary N) is 1. The fourth-order valence-electron chi connectivity index (χ4n) is 0.752. The second kappa shape index (κ2) is 4.92. The second-order valence-corrected chi connectivity index (χ2v) is 3.38. The Morgan fingerprint density at radius 1 is 1.57 bits per heavy atom. The number of ether oxygens (including phenoxy) is 1. The van der Waals surface area contributed by atoms with Gasteiger partial charge in [-0.25, -0.2) is 4.79 Å². The predicted molar refractivity (Wildman–Crippen MR) is 49.7 cm³/mol. The first kappa shape index (κ1) is 12.9. The summed E-state index contributed by atoms with van der Waals surface area (Å²) in [6, 6.07) is 0. The molecule has 0 bridgehead atoms. The Bertz CT molecular complexity index is 223. The lowest BCUT2D eigenvalue weighted by atomic mass is 10.1. The van der Waals surface area contributed by atoms with Gasteiger partial charge in [0.05, 0.1) is 0 Å². The third-order valence-corrected chi connectivity index (χ3v) is 1.76. The molecule has 82 valence electrons. The van der Waals surface area contributed by atoms with E-state index in [0.717, 1.165) is 0 Å². The van der Waals surface area contributed by atoms with Gasteiger partial charge in [0.1, 0.15) is 11.6 Å². The molecule has 0 heterocycles. The summed E-state index contributed by atoms with van der Waals surface area (Å²) < 4.78 is 4.76. The minimum absolute atomic E-state index is 0.0119. The van der Waals surface area contributed by atoms with Gasteiger partial charge in [-0.05, 0) is 13.8 Å². The first-order chi connectivity index (χ1) is 6.35. The van der Waals surface area contributed by atoms with Crippen molar-refractivity contribution in [3.8, 4) is 0 Å². The molecule has 0 rings (SSSR count). The van der Waals surface area contributed by atoms with Gasteiger partial charge in [-0.15, -0.1) is 0 Å². The Kier molecular flexibility index (Phi) is 4.52. The van der Waals surface area contributed by atoms with Gasteiger partial charge in [0.15, 0.2) is 0 Å². The van der Waals surface area contributed by atoms with Crippen molar-refractivity contribution >= 4 is 11.9 Å². The van der Waals surface area contributed by atoms with Crippen LogP contribution in [0.15, 0.2) is 0 Å². The van der Waals surface area contributed by atoms with E-state index >= 15 is 0 Å². The highest BCUT2D eigenvalue weighted by molar-refractivity contribution is 5.88. The fourth-order valence-corrected chi connectivity index (χ4v) is 0.752. The van der Waals surface area contributed by atoms with Crippen LogP contribution < -0.4 is 11.1 Å². The van der Waals surface area contributed by atoms with Gasteiger partial charge in [-0.3, -0.25) is 4.79 Å². The van der Waals surface area contributed by atoms with E-state index in [9.17, 15) is 9.59 Å². The molecule has 0 aliphatic carbocycles. The monoisotopic (exact) mass is 204 g/mol. The zero-order valence-electron chi connectivity index (χ0n) is 8.53. The third-order valence-electron chi connectivity index (χ3n) is 1.76. The Labute approximate surface area is 82.4 Å². The average molecular weight is 204 g/mol. The van der Waals surface area contributed by atoms with Crippen LogP contribution in [-0.2, 0) is 14.3 Å². The SMILES string of the molecule is COC(CN)C(=O)NC(C)(C)C(=O)O. The summed E-state index contributed by atoms with van der Waals surface area (Å²) in [5.74, 6) is -1.64. The van der Waals surface area contributed by atoms with E-state index in [1.165, 1.54) is 21.0 Å². The van der Waals surface area contributed by atoms with Crippen molar-refractivity contribution in [3.63, 3.8) is 0 Å². The van der Waals surface area contributed by atoms with Crippen molar-refractivity contribution in [3.05, 3.63) is 0 Å². The summed E-state index contributed by atoms with van der Waals surface area (Å²) in [6.07, 6.45) is -0.811. The summed E-state index contributed by atoms with van der Waals surface area (Å²) in [4.78, 5) is 22.0. The van der Waals surface area contributed by atoms with E-state index in [4.69, 9.17) is 15.6 Å². The quantitative estimate of drug-likeness (QED) is 0.530. The Balaban J connectivity index is 4.38. The maximum Gasteiger partial charge on any atom is 0.328 e. The van der Waals surface area contributed by atoms with Crippen LogP contribution in [-0.4, -0.2) is 42.3 Å². The highest BCUT2D eigenvalue weighted by Gasteiger charge is 2.31. The first-order valence-corrected chi connectivity index (χ1v) is 4.13. The molecule has 6 heteroatoms. The van der Waals surface area contributed by atoms with Crippen LogP contribution in [0.25, 0.3) is 0 Å². The number of hydrogen-bond donors (Lipinski definition) is 3. The van der Waals surface area contributed by atoms with Crippen molar-refractivity contribution in [1.29, 1.82) is 0 Å². The van der Waals surface area contributed by atoms with E-state index in [2.05, 4.69) is 5.32 Å². The van der Waals surface area contributed by atoms with E-state index in [-0.39, 0.29) is 6.54 Å². The standard InChI is InChI=1S/C8H16N2O4/c1-8(2,7(12)13)10-6(11)5(4-9)14-3/h5H,4,9H2,1-3H3,(H,10,11)(H,12,13). The molecule has 1 unspecified atom stereocenters. The summed E-state index contributed by atoms with van der Waals surface area (Å²) >= 11 is 0. The molecule has 0 spiro atoms. The predicted octanol–water partition coefficient (Wildman–Crippen LogP) is -1.06. The molecule has 0 aliphatic rings. The number of aliphatic carboxylic acids is 1. The lowest BCUT2D eigenvalue weighted by molar-refractivity contribution is -0.147. The van der Waals surface area contributed by atoms with Crippen molar-refractivity contribution < 1.29 is 19.4 Å². The second-order valence-electron chi connectivity index (χ2n) is 3.38. The molecule has 0 aromatic carbocycles. The molecule has 14 heavy (non-hydrogen) atoms. The number of rotatable bonds is 5. The number of carboxylic acids is 1. The molecule has 1 amide bonds. The number of amides is 1. The molecule has 4 N–H and O–H groups in total. The Hall–Kier alpha value is -1.14. The highest BCUT2D eigenvalue weighted by atomic mass is 16.5. The zero-order chi connectivity index (χ0) is 11.4. The largest absolute Gasteiger partial charge is 0.480 e. The van der Waals surface area contributed by atoms with Gasteiger partial charge in [0, 0.05) is 13.7 Å². The molecule has 0 radical (unpaired) electrons. The van der Waals surface area contributed by atoms with Crippen LogP contribution in [0.5, 0.6) is 0 Å². The molecule has 0 saturated carbocycles. The van der Waals surface area contributed by atoms with Gasteiger partial charge in [0.25, 0.3) is 5.91 Å². The van der Waals surface area contributed by atoms with Crippen LogP contribution in [0.2, 0.25) is 0 Å². The van der Waals surface area contributed by atoms with Crippen molar-refractivity contribution in [2.45, 2.75) is 25.5 Å². The number of nitrogens with two attached hydrogens (primary N) is 1. The number of carbonyl (C=O) groups is 2. The summed E-state index contributed by atoms with van der Waals surface area (Å²) in [6.45, 7) is 2.78. The normalized spacial score (nSPS) is 13.4. The molecule has 6 nitrogen and oxygen atoms in total. The molecule has 1 atom stereocenters. The average Bonchev–Trinajstić information content (AvgIpc) is 2.05. The first-order valence-electron chi connectivity index (χ1n) is 4.13. The number of carbonyl (C=O) groups excluding carboxylic acids is 1. The molecular formula is C8H16N2O4. The van der Waals surface area contributed by atoms with Crippen LogP contribution in [0.1, 0.15) is 13.8 Å². The maximum absolute atomic E-state index is 11.3. The van der Waals surface area contributed by atoms with Crippen LogP contribution in [0, 0.1) is 0 Å². The third kappa shape index (κ3) is 3.31.